The molecule has 1 unspecified atom stereocenters. The molecule has 4 aromatic heterocycles. The molecule has 2 amide bonds. The van der Waals surface area contributed by atoms with E-state index in [1.807, 2.05) is 31.2 Å². The summed E-state index contributed by atoms with van der Waals surface area (Å²) in [6.45, 7) is 5.81. The second-order valence-electron chi connectivity index (χ2n) is 14.9. The van der Waals surface area contributed by atoms with Crippen molar-refractivity contribution in [2.75, 3.05) is 0 Å². The van der Waals surface area contributed by atoms with Gasteiger partial charge < -0.3 is 10.6 Å². The Hall–Kier alpha value is -6.51. The Morgan fingerprint density at radius 2 is 1.31 bits per heavy atom. The predicted octanol–water partition coefficient (Wildman–Crippen LogP) is 9.30. The van der Waals surface area contributed by atoms with Crippen LogP contribution in [0.2, 0.25) is 0 Å². The SMILES string of the molecule is Cc1nc2ncccc2cc1C(=O)NC(C)c1ccc(C2(C(F)(F)F)N=N2)cc1.Cc1nc2ncccc2cc1C(=O)NCc1ccc(C2CCC3(CC2)N=N3)cc1. The number of amides is 2. The van der Waals surface area contributed by atoms with Crippen LogP contribution >= 0.6 is 0 Å². The number of halogens is 3. The van der Waals surface area contributed by atoms with Gasteiger partial charge in [-0.3, -0.25) is 9.59 Å². The molecule has 58 heavy (non-hydrogen) atoms. The Balaban J connectivity index is 0.000000162. The lowest BCUT2D eigenvalue weighted by Crippen LogP contribution is -2.30. The summed E-state index contributed by atoms with van der Waals surface area (Å²) >= 11 is 0. The van der Waals surface area contributed by atoms with Crippen LogP contribution in [0.3, 0.4) is 0 Å². The van der Waals surface area contributed by atoms with Gasteiger partial charge in [0.25, 0.3) is 11.8 Å². The molecule has 1 fully saturated rings. The van der Waals surface area contributed by atoms with E-state index in [4.69, 9.17) is 0 Å². The van der Waals surface area contributed by atoms with Crippen LogP contribution in [0.15, 0.2) is 118 Å². The number of nitrogens with one attached hydrogen (secondary N) is 2. The molecular weight excluding hydrogens is 746 g/mol. The van der Waals surface area contributed by atoms with E-state index < -0.39 is 17.9 Å². The number of pyridine rings is 4. The number of hydrogen-bond acceptors (Lipinski definition) is 10. The minimum atomic E-state index is -4.57. The lowest BCUT2D eigenvalue weighted by Gasteiger charge is -2.25. The maximum atomic E-state index is 13.1. The van der Waals surface area contributed by atoms with E-state index >= 15 is 0 Å². The van der Waals surface area contributed by atoms with Gasteiger partial charge in [0, 0.05) is 35.3 Å². The fraction of sp³-hybridized carbons (Fsp3) is 0.302. The highest BCUT2D eigenvalue weighted by atomic mass is 19.4. The summed E-state index contributed by atoms with van der Waals surface area (Å²) in [5.41, 5.74) is 4.08. The van der Waals surface area contributed by atoms with E-state index in [9.17, 15) is 22.8 Å². The van der Waals surface area contributed by atoms with Gasteiger partial charge in [-0.2, -0.15) is 23.4 Å². The van der Waals surface area contributed by atoms with Crippen LogP contribution in [0.5, 0.6) is 0 Å². The third kappa shape index (κ3) is 7.88. The van der Waals surface area contributed by atoms with Crippen LogP contribution in [0.1, 0.15) is 98.9 Å². The molecule has 6 heterocycles. The molecule has 2 N–H and O–H groups in total. The summed E-state index contributed by atoms with van der Waals surface area (Å²) in [7, 11) is 0. The highest BCUT2D eigenvalue weighted by molar-refractivity contribution is 5.99. The van der Waals surface area contributed by atoms with Gasteiger partial charge in [0.2, 0.25) is 0 Å². The van der Waals surface area contributed by atoms with Crippen LogP contribution in [0.4, 0.5) is 13.2 Å². The zero-order valence-electron chi connectivity index (χ0n) is 32.0. The highest BCUT2D eigenvalue weighted by Crippen LogP contribution is 2.52. The van der Waals surface area contributed by atoms with Gasteiger partial charge >= 0.3 is 11.8 Å². The zero-order chi connectivity index (χ0) is 40.7. The Bertz CT molecular complexity index is 2570. The maximum Gasteiger partial charge on any atom is 0.442 e. The smallest absolute Gasteiger partial charge is 0.348 e. The minimum Gasteiger partial charge on any atom is -0.348 e. The van der Waals surface area contributed by atoms with Gasteiger partial charge in [0.05, 0.1) is 28.6 Å². The summed E-state index contributed by atoms with van der Waals surface area (Å²) in [6.07, 6.45) is 3.21. The molecule has 1 atom stereocenters. The van der Waals surface area contributed by atoms with Gasteiger partial charge in [0.15, 0.2) is 17.0 Å². The lowest BCUT2D eigenvalue weighted by atomic mass is 9.80. The van der Waals surface area contributed by atoms with Crippen molar-refractivity contribution in [3.05, 3.63) is 142 Å². The van der Waals surface area contributed by atoms with E-state index in [1.54, 1.807) is 38.4 Å². The number of carbonyl (C=O) groups excluding carboxylic acids is 2. The number of aryl methyl sites for hydroxylation is 2. The number of carbonyl (C=O) groups is 2. The number of nitrogens with zero attached hydrogens (tertiary/aromatic N) is 8. The second kappa shape index (κ2) is 15.1. The average molecular weight is 785 g/mol. The normalized spacial score (nSPS) is 16.7. The molecule has 0 radical (unpaired) electrons. The molecule has 2 aromatic carbocycles. The molecule has 0 bridgehead atoms. The molecule has 2 aliphatic heterocycles. The molecule has 0 saturated heterocycles. The number of hydrogen-bond donors (Lipinski definition) is 2. The number of alkyl halides is 3. The van der Waals surface area contributed by atoms with Crippen molar-refractivity contribution < 1.29 is 22.8 Å². The third-order valence-corrected chi connectivity index (χ3v) is 11.0. The standard InChI is InChI=1S/C23H23N5O.C20H16F3N5O/c1-15-20(13-19-3-2-12-24-21(19)26-15)22(29)25-14-16-4-6-17(7-5-16)18-8-10-23(11-9-18)27-28-23;1-11(13-5-7-15(8-6-13)19(27-28-19)20(21,22)23)26-18(29)16-10-14-4-3-9-24-17(14)25-12(16)2/h2-7,12-13,18H,8-11,14H2,1H3,(H,25,29);3-11H,1-2H3,(H,26,29). The summed E-state index contributed by atoms with van der Waals surface area (Å²) in [6, 6.07) is 24.9. The first-order chi connectivity index (χ1) is 27.8. The van der Waals surface area contributed by atoms with E-state index in [0.29, 0.717) is 51.8 Å². The van der Waals surface area contributed by atoms with Crippen LogP contribution in [0, 0.1) is 13.8 Å². The Morgan fingerprint density at radius 3 is 1.83 bits per heavy atom. The number of rotatable bonds is 8. The summed E-state index contributed by atoms with van der Waals surface area (Å²) in [4.78, 5) is 42.6. The van der Waals surface area contributed by atoms with E-state index in [-0.39, 0.29) is 23.0 Å². The maximum absolute atomic E-state index is 13.1. The Morgan fingerprint density at radius 1 is 0.759 bits per heavy atom. The monoisotopic (exact) mass is 784 g/mol. The zero-order valence-corrected chi connectivity index (χ0v) is 32.0. The average Bonchev–Trinajstić information content (AvgIpc) is 4.17. The van der Waals surface area contributed by atoms with Crippen molar-refractivity contribution in [3.8, 4) is 0 Å². The molecule has 294 valence electrons. The quantitative estimate of drug-likeness (QED) is 0.157. The summed E-state index contributed by atoms with van der Waals surface area (Å²) in [5.74, 6) is 0.158. The van der Waals surface area contributed by atoms with Gasteiger partial charge in [-0.25, -0.2) is 19.9 Å². The number of benzene rings is 2. The van der Waals surface area contributed by atoms with Crippen LogP contribution in [-0.4, -0.2) is 43.6 Å². The fourth-order valence-electron chi connectivity index (χ4n) is 7.32. The van der Waals surface area contributed by atoms with Gasteiger partial charge in [0.1, 0.15) is 0 Å². The van der Waals surface area contributed by atoms with E-state index in [1.165, 1.54) is 29.8 Å². The predicted molar refractivity (Wildman–Crippen MR) is 210 cm³/mol. The van der Waals surface area contributed by atoms with E-state index in [2.05, 4.69) is 75.3 Å². The lowest BCUT2D eigenvalue weighted by molar-refractivity contribution is -0.166. The summed E-state index contributed by atoms with van der Waals surface area (Å²) in [5, 5.41) is 22.3. The van der Waals surface area contributed by atoms with Crippen LogP contribution in [-0.2, 0) is 12.2 Å². The summed E-state index contributed by atoms with van der Waals surface area (Å²) < 4.78 is 39.3. The van der Waals surface area contributed by atoms with Crippen molar-refractivity contribution in [3.63, 3.8) is 0 Å². The Kier molecular flexibility index (Phi) is 9.99. The molecule has 1 spiro atoms. The van der Waals surface area contributed by atoms with E-state index in [0.717, 1.165) is 42.0 Å². The molecule has 6 aromatic rings. The minimum absolute atomic E-state index is 0.00740. The van der Waals surface area contributed by atoms with Gasteiger partial charge in [-0.05, 0) is 105 Å². The van der Waals surface area contributed by atoms with Crippen molar-refractivity contribution >= 4 is 33.9 Å². The first kappa shape index (κ1) is 38.4. The third-order valence-electron chi connectivity index (χ3n) is 11.0. The fourth-order valence-corrected chi connectivity index (χ4v) is 7.32. The van der Waals surface area contributed by atoms with Crippen molar-refractivity contribution in [1.29, 1.82) is 0 Å². The molecule has 1 saturated carbocycles. The topological polar surface area (TPSA) is 159 Å². The second-order valence-corrected chi connectivity index (χ2v) is 14.9. The van der Waals surface area contributed by atoms with Crippen LogP contribution in [0.25, 0.3) is 22.1 Å². The number of aromatic nitrogens is 4. The number of fused-ring (bicyclic) bond motifs is 2. The molecule has 9 rings (SSSR count). The largest absolute Gasteiger partial charge is 0.442 e. The molecular formula is C43H39F3N10O2. The highest BCUT2D eigenvalue weighted by Gasteiger charge is 2.65. The molecule has 12 nitrogen and oxygen atoms in total. The van der Waals surface area contributed by atoms with Crippen LogP contribution < -0.4 is 10.6 Å². The van der Waals surface area contributed by atoms with Crippen molar-refractivity contribution in [1.82, 2.24) is 30.6 Å². The first-order valence-corrected chi connectivity index (χ1v) is 19.0. The van der Waals surface area contributed by atoms with Gasteiger partial charge in [-0.15, -0.1) is 10.2 Å². The Labute approximate surface area is 331 Å². The van der Waals surface area contributed by atoms with Crippen molar-refractivity contribution in [2.45, 2.75) is 82.5 Å². The molecule has 1 aliphatic carbocycles. The first-order valence-electron chi connectivity index (χ1n) is 19.0. The molecule has 15 heteroatoms. The van der Waals surface area contributed by atoms with Gasteiger partial charge in [-0.1, -0.05) is 48.5 Å². The van der Waals surface area contributed by atoms with Crippen molar-refractivity contribution in [2.24, 2.45) is 20.5 Å². The molecule has 3 aliphatic rings.